The van der Waals surface area contributed by atoms with Gasteiger partial charge in [-0.1, -0.05) is 23.8 Å². The molecule has 0 heterocycles. The van der Waals surface area contributed by atoms with Gasteiger partial charge in [0.25, 0.3) is 0 Å². The van der Waals surface area contributed by atoms with Crippen LogP contribution < -0.4 is 5.73 Å². The number of aryl methyl sites for hydroxylation is 1. The maximum atomic E-state index is 12.4. The number of aliphatic hydroxyl groups is 1. The summed E-state index contributed by atoms with van der Waals surface area (Å²) in [5.74, 6) is -0.215. The summed E-state index contributed by atoms with van der Waals surface area (Å²) >= 11 is 2.83. The number of benzene rings is 1. The van der Waals surface area contributed by atoms with Crippen LogP contribution in [0.2, 0.25) is 0 Å². The molecule has 0 aliphatic carbocycles. The van der Waals surface area contributed by atoms with Crippen LogP contribution in [0.4, 0.5) is 0 Å². The third kappa shape index (κ3) is 3.62. The highest BCUT2D eigenvalue weighted by Crippen LogP contribution is 2.30. The summed E-state index contributed by atoms with van der Waals surface area (Å²) in [7, 11) is 0. The number of Topliss-reactive ketones (excluding diaryl/α,β-unsaturated/α-hetero) is 1. The van der Waals surface area contributed by atoms with E-state index in [9.17, 15) is 9.90 Å². The minimum atomic E-state index is -1.26. The highest BCUT2D eigenvalue weighted by atomic mass is 32.2. The van der Waals surface area contributed by atoms with Crippen LogP contribution in [0, 0.1) is 6.92 Å². The van der Waals surface area contributed by atoms with Crippen molar-refractivity contribution in [2.45, 2.75) is 13.2 Å². The lowest BCUT2D eigenvalue weighted by Crippen LogP contribution is -2.27. The molecule has 0 radical (unpaired) electrons. The molecular weight excluding hydrogens is 266 g/mol. The number of hydrogen-bond acceptors (Lipinski definition) is 5. The summed E-state index contributed by atoms with van der Waals surface area (Å²) < 4.78 is 0.747. The molecule has 3 N–H and O–H groups in total. The Kier molecular flexibility index (Phi) is 5.95. The van der Waals surface area contributed by atoms with E-state index in [0.717, 1.165) is 9.80 Å². The molecular formula is C13H17NO2S2. The lowest BCUT2D eigenvalue weighted by atomic mass is 10.0. The van der Waals surface area contributed by atoms with Crippen molar-refractivity contribution in [2.24, 2.45) is 5.73 Å². The molecule has 1 aromatic carbocycles. The van der Waals surface area contributed by atoms with Gasteiger partial charge in [-0.15, -0.1) is 23.5 Å². The molecule has 98 valence electrons. The first-order chi connectivity index (χ1) is 8.51. The third-order valence-electron chi connectivity index (χ3n) is 2.41. The molecule has 0 saturated heterocycles. The maximum absolute atomic E-state index is 12.4. The van der Waals surface area contributed by atoms with E-state index in [2.05, 4.69) is 0 Å². The van der Waals surface area contributed by atoms with Crippen molar-refractivity contribution < 1.29 is 9.90 Å². The Morgan fingerprint density at radius 2 is 1.94 bits per heavy atom. The Hall–Kier alpha value is -0.750. The predicted octanol–water partition coefficient (Wildman–Crippen LogP) is 2.39. The van der Waals surface area contributed by atoms with Gasteiger partial charge in [0.05, 0.1) is 9.81 Å². The van der Waals surface area contributed by atoms with E-state index in [1.807, 2.05) is 31.6 Å². The predicted molar refractivity (Wildman–Crippen MR) is 79.8 cm³/mol. The van der Waals surface area contributed by atoms with Gasteiger partial charge < -0.3 is 10.8 Å². The van der Waals surface area contributed by atoms with E-state index in [4.69, 9.17) is 5.73 Å². The van der Waals surface area contributed by atoms with E-state index in [-0.39, 0.29) is 11.4 Å². The van der Waals surface area contributed by atoms with Crippen molar-refractivity contribution in [1.29, 1.82) is 0 Å². The van der Waals surface area contributed by atoms with Gasteiger partial charge in [-0.2, -0.15) is 0 Å². The van der Waals surface area contributed by atoms with E-state index < -0.39 is 6.23 Å². The zero-order valence-electron chi connectivity index (χ0n) is 10.6. The van der Waals surface area contributed by atoms with Crippen LogP contribution in [-0.2, 0) is 0 Å². The maximum Gasteiger partial charge on any atom is 0.194 e. The lowest BCUT2D eigenvalue weighted by molar-refractivity contribution is 0.0990. The summed E-state index contributed by atoms with van der Waals surface area (Å²) in [6.45, 7) is 1.92. The molecule has 18 heavy (non-hydrogen) atoms. The van der Waals surface area contributed by atoms with Gasteiger partial charge in [-0.25, -0.2) is 0 Å². The molecule has 0 saturated carbocycles. The fraction of sp³-hybridized carbons (Fsp3) is 0.308. The minimum Gasteiger partial charge on any atom is -0.374 e. The standard InChI is InChI=1S/C13H17NO2S2/c1-8-5-4-6-9(7-8)11(15)10(12(14)16)13(17-2)18-3/h4-7,12,16H,14H2,1-3H3/t12-/m1/s1. The fourth-order valence-corrected chi connectivity index (χ4v) is 3.13. The van der Waals surface area contributed by atoms with Crippen molar-refractivity contribution in [3.05, 3.63) is 45.2 Å². The van der Waals surface area contributed by atoms with Crippen LogP contribution in [0.25, 0.3) is 0 Å². The number of thioether (sulfide) groups is 2. The van der Waals surface area contributed by atoms with Crippen molar-refractivity contribution in [3.8, 4) is 0 Å². The van der Waals surface area contributed by atoms with Gasteiger partial charge in [-0.3, -0.25) is 4.79 Å². The average Bonchev–Trinajstić information content (AvgIpc) is 2.34. The van der Waals surface area contributed by atoms with Gasteiger partial charge in [0.15, 0.2) is 5.78 Å². The van der Waals surface area contributed by atoms with Gasteiger partial charge in [-0.05, 0) is 25.5 Å². The number of aliphatic hydroxyl groups excluding tert-OH is 1. The van der Waals surface area contributed by atoms with Crippen LogP contribution in [0.5, 0.6) is 0 Å². The molecule has 0 spiro atoms. The number of ketones is 1. The third-order valence-corrected chi connectivity index (χ3v) is 4.59. The van der Waals surface area contributed by atoms with Crippen molar-refractivity contribution >= 4 is 29.3 Å². The molecule has 1 atom stereocenters. The topological polar surface area (TPSA) is 63.3 Å². The number of nitrogens with two attached hydrogens (primary N) is 1. The quantitative estimate of drug-likeness (QED) is 0.493. The van der Waals surface area contributed by atoms with Crippen LogP contribution in [0.1, 0.15) is 15.9 Å². The number of carbonyl (C=O) groups is 1. The molecule has 0 aliphatic rings. The highest BCUT2D eigenvalue weighted by molar-refractivity contribution is 8.21. The second-order valence-electron chi connectivity index (χ2n) is 3.75. The van der Waals surface area contributed by atoms with E-state index >= 15 is 0 Å². The van der Waals surface area contributed by atoms with Crippen LogP contribution in [0.3, 0.4) is 0 Å². The van der Waals surface area contributed by atoms with Crippen molar-refractivity contribution in [3.63, 3.8) is 0 Å². The first kappa shape index (κ1) is 15.3. The summed E-state index contributed by atoms with van der Waals surface area (Å²) in [6.07, 6.45) is 2.46. The first-order valence-corrected chi connectivity index (χ1v) is 7.83. The van der Waals surface area contributed by atoms with E-state index in [1.165, 1.54) is 23.5 Å². The van der Waals surface area contributed by atoms with Gasteiger partial charge in [0.1, 0.15) is 6.23 Å². The molecule has 5 heteroatoms. The molecule has 0 fully saturated rings. The molecule has 0 aromatic heterocycles. The summed E-state index contributed by atoms with van der Waals surface area (Å²) in [5.41, 5.74) is 7.33. The normalized spacial score (nSPS) is 12.1. The second kappa shape index (κ2) is 6.99. The smallest absolute Gasteiger partial charge is 0.194 e. The Labute approximate surface area is 116 Å². The summed E-state index contributed by atoms with van der Waals surface area (Å²) in [6, 6.07) is 7.27. The fourth-order valence-electron chi connectivity index (χ4n) is 1.59. The van der Waals surface area contributed by atoms with Crippen LogP contribution >= 0.6 is 23.5 Å². The second-order valence-corrected chi connectivity index (χ2v) is 5.64. The summed E-state index contributed by atoms with van der Waals surface area (Å²) in [4.78, 5) is 12.4. The molecule has 0 amide bonds. The van der Waals surface area contributed by atoms with Crippen molar-refractivity contribution in [1.82, 2.24) is 0 Å². The molecule has 0 unspecified atom stereocenters. The molecule has 1 aromatic rings. The molecule has 1 rings (SSSR count). The van der Waals surface area contributed by atoms with Crippen molar-refractivity contribution in [2.75, 3.05) is 12.5 Å². The Morgan fingerprint density at radius 3 is 2.39 bits per heavy atom. The Balaban J connectivity index is 3.24. The van der Waals surface area contributed by atoms with Gasteiger partial charge in [0, 0.05) is 5.56 Å². The zero-order valence-corrected chi connectivity index (χ0v) is 12.3. The average molecular weight is 283 g/mol. The molecule has 3 nitrogen and oxygen atoms in total. The van der Waals surface area contributed by atoms with E-state index in [0.29, 0.717) is 5.56 Å². The number of hydrogen-bond donors (Lipinski definition) is 2. The number of rotatable bonds is 5. The monoisotopic (exact) mass is 283 g/mol. The van der Waals surface area contributed by atoms with Crippen LogP contribution in [0.15, 0.2) is 34.1 Å². The zero-order chi connectivity index (χ0) is 13.7. The summed E-state index contributed by atoms with van der Waals surface area (Å²) in [5, 5.41) is 9.62. The Morgan fingerprint density at radius 1 is 1.33 bits per heavy atom. The Bertz CT molecular complexity index is 464. The molecule has 0 bridgehead atoms. The molecule has 0 aliphatic heterocycles. The first-order valence-electron chi connectivity index (χ1n) is 5.38. The van der Waals surface area contributed by atoms with Gasteiger partial charge in [0.2, 0.25) is 0 Å². The minimum absolute atomic E-state index is 0.215. The highest BCUT2D eigenvalue weighted by Gasteiger charge is 2.21. The number of carbonyl (C=O) groups excluding carboxylic acids is 1. The SMILES string of the molecule is CSC(SC)=C(C(=O)c1cccc(C)c1)[C@H](N)O. The van der Waals surface area contributed by atoms with E-state index in [1.54, 1.807) is 12.1 Å². The largest absolute Gasteiger partial charge is 0.374 e. The lowest BCUT2D eigenvalue weighted by Gasteiger charge is -2.14. The van der Waals surface area contributed by atoms with Gasteiger partial charge >= 0.3 is 0 Å². The van der Waals surface area contributed by atoms with Crippen LogP contribution in [-0.4, -0.2) is 29.6 Å².